The van der Waals surface area contributed by atoms with Crippen molar-refractivity contribution in [3.63, 3.8) is 0 Å². The summed E-state index contributed by atoms with van der Waals surface area (Å²) in [5.41, 5.74) is 6.13. The Labute approximate surface area is 164 Å². The number of benzene rings is 2. The maximum absolute atomic E-state index is 13.0. The van der Waals surface area contributed by atoms with Gasteiger partial charge >= 0.3 is 5.97 Å². The number of halogens is 1. The first-order valence-electron chi connectivity index (χ1n) is 9.29. The monoisotopic (exact) mass is 380 g/mol. The van der Waals surface area contributed by atoms with E-state index in [0.29, 0.717) is 25.2 Å². The van der Waals surface area contributed by atoms with Crippen molar-refractivity contribution in [3.05, 3.63) is 93.6 Å². The van der Waals surface area contributed by atoms with Gasteiger partial charge in [0.25, 0.3) is 0 Å². The summed E-state index contributed by atoms with van der Waals surface area (Å²) >= 11 is 0. The molecule has 146 valence electrons. The van der Waals surface area contributed by atoms with E-state index in [9.17, 15) is 14.3 Å². The van der Waals surface area contributed by atoms with E-state index in [1.54, 1.807) is 12.1 Å². The van der Waals surface area contributed by atoms with Crippen LogP contribution in [0.25, 0.3) is 0 Å². The number of aromatic carboxylic acids is 1. The van der Waals surface area contributed by atoms with E-state index in [2.05, 4.69) is 34.1 Å². The van der Waals surface area contributed by atoms with Gasteiger partial charge in [-0.3, -0.25) is 0 Å². The number of carboxylic acids is 1. The summed E-state index contributed by atoms with van der Waals surface area (Å²) in [6, 6.07) is 14.6. The number of carbonyl (C=O) groups is 1. The molecule has 0 amide bonds. The Morgan fingerprint density at radius 3 is 2.14 bits per heavy atom. The van der Waals surface area contributed by atoms with Gasteiger partial charge in [-0.1, -0.05) is 42.0 Å². The van der Waals surface area contributed by atoms with Gasteiger partial charge in [-0.25, -0.2) is 9.18 Å². The molecule has 0 saturated heterocycles. The molecular formula is C23H25FN2O2. The first kappa shape index (κ1) is 19.8. The minimum Gasteiger partial charge on any atom is -0.478 e. The lowest BCUT2D eigenvalue weighted by molar-refractivity contribution is 0.0694. The van der Waals surface area contributed by atoms with Crippen molar-refractivity contribution < 1.29 is 14.3 Å². The molecule has 0 fully saturated rings. The quantitative estimate of drug-likeness (QED) is 0.630. The highest BCUT2D eigenvalue weighted by Gasteiger charge is 2.22. The number of nitrogens with one attached hydrogen (secondary N) is 1. The van der Waals surface area contributed by atoms with Gasteiger partial charge < -0.3 is 15.0 Å². The highest BCUT2D eigenvalue weighted by atomic mass is 19.1. The Morgan fingerprint density at radius 1 is 0.929 bits per heavy atom. The third kappa shape index (κ3) is 4.31. The van der Waals surface area contributed by atoms with E-state index in [1.165, 1.54) is 17.7 Å². The molecule has 1 heterocycles. The molecule has 3 aromatic rings. The van der Waals surface area contributed by atoms with Gasteiger partial charge in [0, 0.05) is 36.6 Å². The number of carboxylic acid groups (broad SMARTS) is 1. The molecular weight excluding hydrogens is 355 g/mol. The predicted molar refractivity (Wildman–Crippen MR) is 108 cm³/mol. The average Bonchev–Trinajstić information content (AvgIpc) is 2.89. The number of nitrogens with zero attached hydrogens (tertiary/aromatic N) is 1. The van der Waals surface area contributed by atoms with Crippen molar-refractivity contribution in [1.29, 1.82) is 0 Å². The van der Waals surface area contributed by atoms with Gasteiger partial charge in [0.15, 0.2) is 0 Å². The fraction of sp³-hybridized carbons (Fsp3) is 0.261. The molecule has 0 aliphatic carbocycles. The Kier molecular flexibility index (Phi) is 5.95. The molecule has 2 aromatic carbocycles. The number of hydrogen-bond donors (Lipinski definition) is 2. The SMILES string of the molecule is Cc1ccc(Cn2c(C)c(CNCc3ccc(F)cc3)c(C(=O)O)c2C)cc1. The molecule has 1 aromatic heterocycles. The average molecular weight is 380 g/mol. The Bertz CT molecular complexity index is 973. The summed E-state index contributed by atoms with van der Waals surface area (Å²) in [5.74, 6) is -1.18. The maximum atomic E-state index is 13.0. The third-order valence-corrected chi connectivity index (χ3v) is 5.13. The van der Waals surface area contributed by atoms with Crippen LogP contribution in [0.5, 0.6) is 0 Å². The Hall–Kier alpha value is -2.92. The molecule has 5 heteroatoms. The van der Waals surface area contributed by atoms with Crippen LogP contribution >= 0.6 is 0 Å². The van der Waals surface area contributed by atoms with Gasteiger partial charge in [0.2, 0.25) is 0 Å². The van der Waals surface area contributed by atoms with Crippen molar-refractivity contribution in [3.8, 4) is 0 Å². The number of aromatic nitrogens is 1. The van der Waals surface area contributed by atoms with Crippen LogP contribution in [0.15, 0.2) is 48.5 Å². The second kappa shape index (κ2) is 8.40. The van der Waals surface area contributed by atoms with Crippen LogP contribution in [0.1, 0.15) is 44.0 Å². The molecule has 3 rings (SSSR count). The van der Waals surface area contributed by atoms with Crippen LogP contribution in [-0.2, 0) is 19.6 Å². The predicted octanol–water partition coefficient (Wildman–Crippen LogP) is 4.59. The van der Waals surface area contributed by atoms with E-state index in [0.717, 1.165) is 28.1 Å². The summed E-state index contributed by atoms with van der Waals surface area (Å²) in [5, 5.41) is 13.0. The standard InChI is InChI=1S/C23H25FN2O2/c1-15-4-6-19(7-5-15)14-26-16(2)21(22(17(26)3)23(27)28)13-25-12-18-8-10-20(24)11-9-18/h4-11,25H,12-14H2,1-3H3,(H,27,28). The molecule has 0 saturated carbocycles. The van der Waals surface area contributed by atoms with E-state index in [-0.39, 0.29) is 5.82 Å². The van der Waals surface area contributed by atoms with Crippen LogP contribution in [0.3, 0.4) is 0 Å². The van der Waals surface area contributed by atoms with Crippen molar-refractivity contribution in [2.75, 3.05) is 0 Å². The minimum absolute atomic E-state index is 0.267. The lowest BCUT2D eigenvalue weighted by Crippen LogP contribution is -2.15. The van der Waals surface area contributed by atoms with Crippen LogP contribution < -0.4 is 5.32 Å². The fourth-order valence-corrected chi connectivity index (χ4v) is 3.50. The summed E-state index contributed by atoms with van der Waals surface area (Å²) in [4.78, 5) is 11.9. The summed E-state index contributed by atoms with van der Waals surface area (Å²) in [6.07, 6.45) is 0. The number of hydrogen-bond acceptors (Lipinski definition) is 2. The molecule has 0 bridgehead atoms. The number of rotatable bonds is 7. The fourth-order valence-electron chi connectivity index (χ4n) is 3.50. The van der Waals surface area contributed by atoms with Crippen molar-refractivity contribution >= 4 is 5.97 Å². The Morgan fingerprint density at radius 2 is 1.54 bits per heavy atom. The largest absolute Gasteiger partial charge is 0.478 e. The van der Waals surface area contributed by atoms with Crippen LogP contribution in [0.4, 0.5) is 4.39 Å². The summed E-state index contributed by atoms with van der Waals surface area (Å²) in [7, 11) is 0. The first-order valence-corrected chi connectivity index (χ1v) is 9.29. The Balaban J connectivity index is 1.82. The zero-order valence-electron chi connectivity index (χ0n) is 16.4. The van der Waals surface area contributed by atoms with Gasteiger partial charge in [-0.15, -0.1) is 0 Å². The van der Waals surface area contributed by atoms with Gasteiger partial charge in [-0.05, 0) is 44.0 Å². The zero-order valence-corrected chi connectivity index (χ0v) is 16.4. The van der Waals surface area contributed by atoms with Crippen molar-refractivity contribution in [2.45, 2.75) is 40.4 Å². The van der Waals surface area contributed by atoms with Gasteiger partial charge in [0.1, 0.15) is 5.82 Å². The number of aryl methyl sites for hydroxylation is 1. The van der Waals surface area contributed by atoms with Gasteiger partial charge in [0.05, 0.1) is 5.56 Å². The van der Waals surface area contributed by atoms with E-state index >= 15 is 0 Å². The zero-order chi connectivity index (χ0) is 20.3. The van der Waals surface area contributed by atoms with E-state index in [1.807, 2.05) is 20.8 Å². The topological polar surface area (TPSA) is 54.3 Å². The third-order valence-electron chi connectivity index (χ3n) is 5.13. The molecule has 0 aliphatic rings. The highest BCUT2D eigenvalue weighted by molar-refractivity contribution is 5.91. The first-order chi connectivity index (χ1) is 13.4. The molecule has 28 heavy (non-hydrogen) atoms. The smallest absolute Gasteiger partial charge is 0.337 e. The molecule has 4 nitrogen and oxygen atoms in total. The summed E-state index contributed by atoms with van der Waals surface area (Å²) < 4.78 is 15.1. The van der Waals surface area contributed by atoms with Gasteiger partial charge in [-0.2, -0.15) is 0 Å². The summed E-state index contributed by atoms with van der Waals surface area (Å²) in [6.45, 7) is 7.48. The lowest BCUT2D eigenvalue weighted by Gasteiger charge is -2.11. The molecule has 0 atom stereocenters. The molecule has 0 radical (unpaired) electrons. The normalized spacial score (nSPS) is 11.0. The minimum atomic E-state index is -0.915. The van der Waals surface area contributed by atoms with Crippen LogP contribution in [0.2, 0.25) is 0 Å². The molecule has 2 N–H and O–H groups in total. The van der Waals surface area contributed by atoms with E-state index < -0.39 is 5.97 Å². The van der Waals surface area contributed by atoms with Crippen molar-refractivity contribution in [1.82, 2.24) is 9.88 Å². The van der Waals surface area contributed by atoms with Crippen LogP contribution in [-0.4, -0.2) is 15.6 Å². The highest BCUT2D eigenvalue weighted by Crippen LogP contribution is 2.24. The van der Waals surface area contributed by atoms with Crippen LogP contribution in [0, 0.1) is 26.6 Å². The molecule has 0 unspecified atom stereocenters. The maximum Gasteiger partial charge on any atom is 0.337 e. The lowest BCUT2D eigenvalue weighted by atomic mass is 10.1. The molecule has 0 aliphatic heterocycles. The van der Waals surface area contributed by atoms with E-state index in [4.69, 9.17) is 0 Å². The second-order valence-corrected chi connectivity index (χ2v) is 7.13. The second-order valence-electron chi connectivity index (χ2n) is 7.13. The molecule has 0 spiro atoms. The van der Waals surface area contributed by atoms with Crippen molar-refractivity contribution in [2.24, 2.45) is 0 Å².